The van der Waals surface area contributed by atoms with Crippen molar-refractivity contribution in [2.75, 3.05) is 6.61 Å². The molecule has 0 atom stereocenters. The van der Waals surface area contributed by atoms with Crippen LogP contribution in [0.4, 0.5) is 0 Å². The maximum absolute atomic E-state index is 9.41. The van der Waals surface area contributed by atoms with Crippen LogP contribution in [0.1, 0.15) is 54.0 Å². The summed E-state index contributed by atoms with van der Waals surface area (Å²) in [5, 5.41) is 9.41. The lowest BCUT2D eigenvalue weighted by atomic mass is 9.78. The minimum absolute atomic E-state index is 0.0388. The SMILES string of the molecule is CC(C)(C)COc1ccc(B2OC(C)(C)C(C)(C)O2)cc1C#N. The molecule has 1 aromatic rings. The summed E-state index contributed by atoms with van der Waals surface area (Å²) in [7, 11) is -0.469. The molecule has 23 heavy (non-hydrogen) atoms. The molecule has 2 rings (SSSR count). The first-order valence-electron chi connectivity index (χ1n) is 7.98. The molecule has 124 valence electrons. The van der Waals surface area contributed by atoms with Crippen molar-refractivity contribution in [2.24, 2.45) is 5.41 Å². The van der Waals surface area contributed by atoms with Gasteiger partial charge in [0.05, 0.1) is 23.4 Å². The van der Waals surface area contributed by atoms with Crippen LogP contribution in [0.5, 0.6) is 5.75 Å². The highest BCUT2D eigenvalue weighted by molar-refractivity contribution is 6.62. The van der Waals surface area contributed by atoms with E-state index in [1.54, 1.807) is 6.07 Å². The number of nitriles is 1. The zero-order chi connectivity index (χ0) is 17.5. The zero-order valence-corrected chi connectivity index (χ0v) is 15.2. The molecule has 0 unspecified atom stereocenters. The molecule has 0 aromatic heterocycles. The zero-order valence-electron chi connectivity index (χ0n) is 15.2. The monoisotopic (exact) mass is 315 g/mol. The van der Waals surface area contributed by atoms with Gasteiger partial charge >= 0.3 is 7.12 Å². The second kappa shape index (κ2) is 5.85. The Morgan fingerprint density at radius 1 is 1.13 bits per heavy atom. The Morgan fingerprint density at radius 3 is 2.17 bits per heavy atom. The third-order valence-electron chi connectivity index (χ3n) is 4.31. The van der Waals surface area contributed by atoms with Crippen LogP contribution in [0.3, 0.4) is 0 Å². The second-order valence-electron chi connectivity index (χ2n) is 8.30. The Labute approximate surface area is 139 Å². The minimum Gasteiger partial charge on any atom is -0.492 e. The number of ether oxygens (including phenoxy) is 1. The molecule has 1 saturated heterocycles. The fourth-order valence-corrected chi connectivity index (χ4v) is 2.18. The maximum atomic E-state index is 9.41. The molecule has 0 radical (unpaired) electrons. The van der Waals surface area contributed by atoms with E-state index in [9.17, 15) is 5.26 Å². The summed E-state index contributed by atoms with van der Waals surface area (Å²) in [4.78, 5) is 0. The summed E-state index contributed by atoms with van der Waals surface area (Å²) in [5.74, 6) is 0.600. The average molecular weight is 315 g/mol. The van der Waals surface area contributed by atoms with Crippen LogP contribution < -0.4 is 10.2 Å². The number of benzene rings is 1. The maximum Gasteiger partial charge on any atom is 0.494 e. The molecule has 1 fully saturated rings. The Bertz CT molecular complexity index is 610. The first-order chi connectivity index (χ1) is 10.5. The van der Waals surface area contributed by atoms with Gasteiger partial charge in [0.1, 0.15) is 11.8 Å². The highest BCUT2D eigenvalue weighted by atomic mass is 16.7. The molecule has 4 nitrogen and oxygen atoms in total. The molecule has 0 amide bonds. The molecule has 0 saturated carbocycles. The van der Waals surface area contributed by atoms with Crippen molar-refractivity contribution in [1.29, 1.82) is 5.26 Å². The van der Waals surface area contributed by atoms with Crippen molar-refractivity contribution >= 4 is 12.6 Å². The lowest BCUT2D eigenvalue weighted by Gasteiger charge is -2.32. The Hall–Kier alpha value is -1.51. The summed E-state index contributed by atoms with van der Waals surface area (Å²) < 4.78 is 17.9. The molecule has 0 spiro atoms. The van der Waals surface area contributed by atoms with Crippen molar-refractivity contribution < 1.29 is 14.0 Å². The number of nitrogens with zero attached hydrogens (tertiary/aromatic N) is 1. The van der Waals surface area contributed by atoms with Gasteiger partial charge in [-0.05, 0) is 50.7 Å². The largest absolute Gasteiger partial charge is 0.494 e. The van der Waals surface area contributed by atoms with Crippen LogP contribution in [0, 0.1) is 16.7 Å². The number of rotatable bonds is 3. The number of hydrogen-bond donors (Lipinski definition) is 0. The Kier molecular flexibility index (Phi) is 4.54. The van der Waals surface area contributed by atoms with E-state index in [2.05, 4.69) is 26.8 Å². The van der Waals surface area contributed by atoms with E-state index in [0.717, 1.165) is 5.46 Å². The summed E-state index contributed by atoms with van der Waals surface area (Å²) in [6.07, 6.45) is 0. The van der Waals surface area contributed by atoms with E-state index in [0.29, 0.717) is 17.9 Å². The first-order valence-corrected chi connectivity index (χ1v) is 7.98. The van der Waals surface area contributed by atoms with Gasteiger partial charge in [0.15, 0.2) is 0 Å². The molecule has 5 heteroatoms. The van der Waals surface area contributed by atoms with Gasteiger partial charge < -0.3 is 14.0 Å². The fourth-order valence-electron chi connectivity index (χ4n) is 2.18. The molecular formula is C18H26BNO3. The van der Waals surface area contributed by atoms with Crippen molar-refractivity contribution in [1.82, 2.24) is 0 Å². The highest BCUT2D eigenvalue weighted by Gasteiger charge is 2.51. The summed E-state index contributed by atoms with van der Waals surface area (Å²) >= 11 is 0. The summed E-state index contributed by atoms with van der Waals surface area (Å²) in [5.41, 5.74) is 0.583. The van der Waals surface area contributed by atoms with E-state index in [1.165, 1.54) is 0 Å². The highest BCUT2D eigenvalue weighted by Crippen LogP contribution is 2.36. The van der Waals surface area contributed by atoms with Gasteiger partial charge in [-0.25, -0.2) is 0 Å². The van der Waals surface area contributed by atoms with E-state index in [1.807, 2.05) is 39.8 Å². The predicted molar refractivity (Wildman–Crippen MR) is 91.8 cm³/mol. The third-order valence-corrected chi connectivity index (χ3v) is 4.31. The van der Waals surface area contributed by atoms with E-state index in [4.69, 9.17) is 14.0 Å². The van der Waals surface area contributed by atoms with E-state index >= 15 is 0 Å². The molecular weight excluding hydrogens is 289 g/mol. The summed E-state index contributed by atoms with van der Waals surface area (Å²) in [6, 6.07) is 7.72. The molecule has 0 aliphatic carbocycles. The van der Waals surface area contributed by atoms with Crippen molar-refractivity contribution in [3.63, 3.8) is 0 Å². The Balaban J connectivity index is 2.22. The van der Waals surface area contributed by atoms with Gasteiger partial charge in [0.25, 0.3) is 0 Å². The molecule has 1 aliphatic rings. The van der Waals surface area contributed by atoms with E-state index in [-0.39, 0.29) is 5.41 Å². The third kappa shape index (κ3) is 3.88. The van der Waals surface area contributed by atoms with E-state index < -0.39 is 18.3 Å². The van der Waals surface area contributed by atoms with Crippen LogP contribution in [-0.2, 0) is 9.31 Å². The Morgan fingerprint density at radius 2 is 1.70 bits per heavy atom. The smallest absolute Gasteiger partial charge is 0.492 e. The lowest BCUT2D eigenvalue weighted by molar-refractivity contribution is 0.00578. The molecule has 1 aromatic carbocycles. The van der Waals surface area contributed by atoms with Gasteiger partial charge in [-0.1, -0.05) is 26.8 Å². The van der Waals surface area contributed by atoms with Crippen molar-refractivity contribution in [2.45, 2.75) is 59.7 Å². The molecule has 1 heterocycles. The van der Waals surface area contributed by atoms with Gasteiger partial charge in [-0.3, -0.25) is 0 Å². The predicted octanol–water partition coefficient (Wildman–Crippen LogP) is 3.28. The molecule has 1 aliphatic heterocycles. The minimum atomic E-state index is -0.469. The van der Waals surface area contributed by atoms with Crippen molar-refractivity contribution in [3.05, 3.63) is 23.8 Å². The topological polar surface area (TPSA) is 51.5 Å². The first kappa shape index (κ1) is 17.8. The molecule has 0 N–H and O–H groups in total. The van der Waals surface area contributed by atoms with Crippen LogP contribution in [0.15, 0.2) is 18.2 Å². The quantitative estimate of drug-likeness (QED) is 0.803. The van der Waals surface area contributed by atoms with Gasteiger partial charge in [0, 0.05) is 0 Å². The normalized spacial score (nSPS) is 19.5. The van der Waals surface area contributed by atoms with Gasteiger partial charge in [0.2, 0.25) is 0 Å². The number of hydrogen-bond acceptors (Lipinski definition) is 4. The van der Waals surface area contributed by atoms with Crippen molar-refractivity contribution in [3.8, 4) is 11.8 Å². The van der Waals surface area contributed by atoms with Crippen LogP contribution in [0.2, 0.25) is 0 Å². The molecule has 0 bridgehead atoms. The second-order valence-corrected chi connectivity index (χ2v) is 8.30. The summed E-state index contributed by atoms with van der Waals surface area (Å²) in [6.45, 7) is 14.9. The van der Waals surface area contributed by atoms with Gasteiger partial charge in [-0.2, -0.15) is 5.26 Å². The lowest BCUT2D eigenvalue weighted by Crippen LogP contribution is -2.41. The van der Waals surface area contributed by atoms with Crippen LogP contribution in [0.25, 0.3) is 0 Å². The fraction of sp³-hybridized carbons (Fsp3) is 0.611. The van der Waals surface area contributed by atoms with Crippen LogP contribution >= 0.6 is 0 Å². The standard InChI is InChI=1S/C18H26BNO3/c1-16(2,3)12-21-15-9-8-14(10-13(15)11-20)19-22-17(4,5)18(6,7)23-19/h8-10H,12H2,1-7H3. The van der Waals surface area contributed by atoms with Crippen LogP contribution in [-0.4, -0.2) is 24.9 Å². The van der Waals surface area contributed by atoms with Gasteiger partial charge in [-0.15, -0.1) is 0 Å². The average Bonchev–Trinajstić information content (AvgIpc) is 2.64.